The minimum Gasteiger partial charge on any atom is -0.443 e. The highest BCUT2D eigenvalue weighted by molar-refractivity contribution is 5.72. The van der Waals surface area contributed by atoms with Crippen molar-refractivity contribution in [3.05, 3.63) is 59.3 Å². The van der Waals surface area contributed by atoms with Crippen LogP contribution in [0.15, 0.2) is 53.2 Å². The number of carbonyl (C=O) groups is 1. The maximum absolute atomic E-state index is 13.6. The van der Waals surface area contributed by atoms with Gasteiger partial charge in [0.2, 0.25) is 0 Å². The van der Waals surface area contributed by atoms with E-state index >= 15 is 0 Å². The molecule has 0 bridgehead atoms. The second-order valence-electron chi connectivity index (χ2n) is 12.4. The SMILES string of the molecule is CC(C)c1ccc(C(O)(C2C(C3CC=NCC3)=CC=CN2C(=O)OC(C)(C)C)C2(C)CN(C)C2)cc1. The summed E-state index contributed by atoms with van der Waals surface area (Å²) in [4.78, 5) is 22.0. The molecular weight excluding hydrogens is 450 g/mol. The van der Waals surface area contributed by atoms with E-state index < -0.39 is 28.8 Å². The van der Waals surface area contributed by atoms with Gasteiger partial charge in [-0.25, -0.2) is 4.79 Å². The molecule has 3 unspecified atom stereocenters. The number of rotatable bonds is 5. The smallest absolute Gasteiger partial charge is 0.415 e. The second kappa shape index (κ2) is 9.79. The van der Waals surface area contributed by atoms with Crippen molar-refractivity contribution in [3.63, 3.8) is 0 Å². The first kappa shape index (κ1) is 26.6. The lowest BCUT2D eigenvalue weighted by atomic mass is 9.58. The molecule has 0 aromatic heterocycles. The van der Waals surface area contributed by atoms with Crippen molar-refractivity contribution < 1.29 is 14.6 Å². The van der Waals surface area contributed by atoms with Gasteiger partial charge in [0, 0.05) is 31.2 Å². The molecule has 196 valence electrons. The van der Waals surface area contributed by atoms with Crippen LogP contribution in [0.3, 0.4) is 0 Å². The molecule has 1 N–H and O–H groups in total. The maximum Gasteiger partial charge on any atom is 0.415 e. The van der Waals surface area contributed by atoms with Crippen LogP contribution in [0.2, 0.25) is 0 Å². The molecule has 3 atom stereocenters. The Balaban J connectivity index is 1.87. The highest BCUT2D eigenvalue weighted by atomic mass is 16.6. The zero-order valence-corrected chi connectivity index (χ0v) is 23.0. The van der Waals surface area contributed by atoms with Gasteiger partial charge >= 0.3 is 6.09 Å². The number of ether oxygens (including phenoxy) is 1. The summed E-state index contributed by atoms with van der Waals surface area (Å²) in [5.41, 5.74) is 0.707. The minimum atomic E-state index is -1.32. The molecule has 1 aromatic carbocycles. The average molecular weight is 494 g/mol. The molecule has 0 spiro atoms. The minimum absolute atomic E-state index is 0.199. The van der Waals surface area contributed by atoms with E-state index in [2.05, 4.69) is 68.1 Å². The third-order valence-electron chi connectivity index (χ3n) is 7.90. The summed E-state index contributed by atoms with van der Waals surface area (Å²) in [6.45, 7) is 14.3. The van der Waals surface area contributed by atoms with Crippen molar-refractivity contribution in [1.82, 2.24) is 9.80 Å². The summed E-state index contributed by atoms with van der Waals surface area (Å²) in [7, 11) is 2.07. The monoisotopic (exact) mass is 493 g/mol. The van der Waals surface area contributed by atoms with Crippen LogP contribution in [0.4, 0.5) is 4.79 Å². The number of benzene rings is 1. The first-order valence-electron chi connectivity index (χ1n) is 13.2. The standard InChI is InChI=1S/C30H43N3O3/c1-21(2)22-10-12-24(13-11-22)30(35,29(6)19-32(7)20-29)26-25(23-14-16-31-17-15-23)9-8-18-33(26)27(34)36-28(3,4)5/h8-13,16,18,21,23,26,35H,14-15,17,19-20H2,1-7H3. The molecule has 3 aliphatic heterocycles. The molecule has 1 fully saturated rings. The Hall–Kier alpha value is -2.44. The fourth-order valence-corrected chi connectivity index (χ4v) is 6.16. The quantitative estimate of drug-likeness (QED) is 0.589. The third-order valence-corrected chi connectivity index (χ3v) is 7.90. The van der Waals surface area contributed by atoms with E-state index in [-0.39, 0.29) is 5.92 Å². The summed E-state index contributed by atoms with van der Waals surface area (Å²) in [5, 5.41) is 13.1. The van der Waals surface area contributed by atoms with Gasteiger partial charge < -0.3 is 14.7 Å². The first-order chi connectivity index (χ1) is 16.9. The third kappa shape index (κ3) is 4.90. The molecule has 1 saturated heterocycles. The van der Waals surface area contributed by atoms with Crippen molar-refractivity contribution in [2.75, 3.05) is 26.7 Å². The fraction of sp³-hybridized carbons (Fsp3) is 0.600. The number of nitrogens with zero attached hydrogens (tertiary/aromatic N) is 3. The Kier molecular flexibility index (Phi) is 7.24. The van der Waals surface area contributed by atoms with Gasteiger partial charge in [0.1, 0.15) is 11.2 Å². The Bertz CT molecular complexity index is 1040. The van der Waals surface area contributed by atoms with Crippen LogP contribution in [0.1, 0.15) is 71.4 Å². The Morgan fingerprint density at radius 1 is 1.19 bits per heavy atom. The lowest BCUT2D eigenvalue weighted by Crippen LogP contribution is -2.70. The second-order valence-corrected chi connectivity index (χ2v) is 12.4. The zero-order valence-electron chi connectivity index (χ0n) is 23.0. The van der Waals surface area contributed by atoms with Crippen LogP contribution in [0.25, 0.3) is 0 Å². The molecule has 1 amide bonds. The van der Waals surface area contributed by atoms with E-state index in [1.54, 1.807) is 11.1 Å². The molecule has 0 radical (unpaired) electrons. The summed E-state index contributed by atoms with van der Waals surface area (Å²) in [5.74, 6) is 0.593. The number of hydrogen-bond acceptors (Lipinski definition) is 5. The predicted molar refractivity (Wildman–Crippen MR) is 145 cm³/mol. The molecular formula is C30H43N3O3. The van der Waals surface area contributed by atoms with Gasteiger partial charge in [-0.3, -0.25) is 9.89 Å². The number of carbonyl (C=O) groups excluding carboxylic acids is 1. The Morgan fingerprint density at radius 2 is 1.86 bits per heavy atom. The fourth-order valence-electron chi connectivity index (χ4n) is 6.16. The number of hydrogen-bond donors (Lipinski definition) is 1. The van der Waals surface area contributed by atoms with E-state index in [0.717, 1.165) is 43.6 Å². The van der Waals surface area contributed by atoms with Crippen LogP contribution in [-0.4, -0.2) is 65.5 Å². The number of aliphatic imine (C=N–C) groups is 1. The van der Waals surface area contributed by atoms with E-state index in [4.69, 9.17) is 4.74 Å². The van der Waals surface area contributed by atoms with E-state index in [0.29, 0.717) is 5.92 Å². The van der Waals surface area contributed by atoms with Crippen molar-refractivity contribution in [2.24, 2.45) is 16.3 Å². The molecule has 4 rings (SSSR count). The largest absolute Gasteiger partial charge is 0.443 e. The summed E-state index contributed by atoms with van der Waals surface area (Å²) >= 11 is 0. The average Bonchev–Trinajstić information content (AvgIpc) is 2.81. The zero-order chi connectivity index (χ0) is 26.3. The lowest BCUT2D eigenvalue weighted by Gasteiger charge is -2.60. The van der Waals surface area contributed by atoms with Crippen LogP contribution in [0.5, 0.6) is 0 Å². The summed E-state index contributed by atoms with van der Waals surface area (Å²) in [6, 6.07) is 7.76. The molecule has 36 heavy (non-hydrogen) atoms. The van der Waals surface area contributed by atoms with E-state index in [9.17, 15) is 9.90 Å². The molecule has 6 heteroatoms. The van der Waals surface area contributed by atoms with Gasteiger partial charge in [0.25, 0.3) is 0 Å². The summed E-state index contributed by atoms with van der Waals surface area (Å²) in [6.07, 6.45) is 9.04. The molecule has 6 nitrogen and oxygen atoms in total. The number of likely N-dealkylation sites (tertiary alicyclic amines) is 1. The van der Waals surface area contributed by atoms with E-state index in [1.807, 2.05) is 33.1 Å². The highest BCUT2D eigenvalue weighted by Gasteiger charge is 2.61. The number of allylic oxidation sites excluding steroid dienone is 2. The number of amides is 1. The van der Waals surface area contributed by atoms with Crippen LogP contribution >= 0.6 is 0 Å². The first-order valence-corrected chi connectivity index (χ1v) is 13.2. The predicted octanol–water partition coefficient (Wildman–Crippen LogP) is 5.49. The molecule has 3 heterocycles. The van der Waals surface area contributed by atoms with Crippen LogP contribution in [-0.2, 0) is 10.3 Å². The van der Waals surface area contributed by atoms with Gasteiger partial charge in [0.05, 0.1) is 6.04 Å². The Morgan fingerprint density at radius 3 is 2.39 bits per heavy atom. The Labute approximate surface area is 216 Å². The van der Waals surface area contributed by atoms with Gasteiger partial charge in [0.15, 0.2) is 0 Å². The molecule has 0 aliphatic carbocycles. The maximum atomic E-state index is 13.6. The lowest BCUT2D eigenvalue weighted by molar-refractivity contribution is -0.179. The van der Waals surface area contributed by atoms with E-state index in [1.165, 1.54) is 5.56 Å². The van der Waals surface area contributed by atoms with Crippen molar-refractivity contribution in [1.29, 1.82) is 0 Å². The summed E-state index contributed by atoms with van der Waals surface area (Å²) < 4.78 is 5.87. The van der Waals surface area contributed by atoms with Crippen molar-refractivity contribution >= 4 is 12.3 Å². The van der Waals surface area contributed by atoms with Gasteiger partial charge in [-0.2, -0.15) is 0 Å². The molecule has 0 saturated carbocycles. The van der Waals surface area contributed by atoms with Gasteiger partial charge in [-0.1, -0.05) is 51.1 Å². The van der Waals surface area contributed by atoms with Crippen LogP contribution in [0, 0.1) is 11.3 Å². The molecule has 1 aromatic rings. The normalized spacial score (nSPS) is 25.8. The van der Waals surface area contributed by atoms with Crippen LogP contribution < -0.4 is 0 Å². The van der Waals surface area contributed by atoms with Crippen molar-refractivity contribution in [3.8, 4) is 0 Å². The van der Waals surface area contributed by atoms with Gasteiger partial charge in [-0.15, -0.1) is 0 Å². The topological polar surface area (TPSA) is 65.4 Å². The molecule has 3 aliphatic rings. The number of aliphatic hydroxyl groups is 1. The highest BCUT2D eigenvalue weighted by Crippen LogP contribution is 2.53. The van der Waals surface area contributed by atoms with Gasteiger partial charge in [-0.05, 0) is 81.5 Å². The van der Waals surface area contributed by atoms with Crippen molar-refractivity contribution in [2.45, 2.75) is 77.5 Å².